The molecule has 60 valence electrons. The molecule has 0 aliphatic heterocycles. The standard InChI is InChI=1S/C8H7Br3/c9-4-3-6-1-2-7(10)8(11)5-6/h1-2,5H,3-4H2. The largest absolute Gasteiger partial charge is 0.0924 e. The minimum absolute atomic E-state index is 1.01. The van der Waals surface area contributed by atoms with E-state index in [4.69, 9.17) is 0 Å². The van der Waals surface area contributed by atoms with Gasteiger partial charge in [0.1, 0.15) is 0 Å². The lowest BCUT2D eigenvalue weighted by atomic mass is 10.2. The molecule has 0 aromatic heterocycles. The number of hydrogen-bond donors (Lipinski definition) is 0. The monoisotopic (exact) mass is 340 g/mol. The zero-order valence-corrected chi connectivity index (χ0v) is 10.5. The van der Waals surface area contributed by atoms with E-state index in [0.717, 1.165) is 20.7 Å². The second-order valence-corrected chi connectivity index (χ2v) is 4.69. The van der Waals surface area contributed by atoms with Gasteiger partial charge in [-0.1, -0.05) is 22.0 Å². The van der Waals surface area contributed by atoms with Crippen molar-refractivity contribution >= 4 is 47.8 Å². The molecule has 11 heavy (non-hydrogen) atoms. The van der Waals surface area contributed by atoms with E-state index in [2.05, 4.69) is 66.0 Å². The van der Waals surface area contributed by atoms with Gasteiger partial charge in [-0.25, -0.2) is 0 Å². The van der Waals surface area contributed by atoms with E-state index in [0.29, 0.717) is 0 Å². The van der Waals surface area contributed by atoms with Crippen LogP contribution in [0.1, 0.15) is 5.56 Å². The fraction of sp³-hybridized carbons (Fsp3) is 0.250. The molecule has 0 bridgehead atoms. The van der Waals surface area contributed by atoms with Crippen LogP contribution >= 0.6 is 47.8 Å². The number of benzene rings is 1. The molecule has 0 aliphatic rings. The van der Waals surface area contributed by atoms with Gasteiger partial charge in [0.2, 0.25) is 0 Å². The fourth-order valence-electron chi connectivity index (χ4n) is 0.804. The van der Waals surface area contributed by atoms with Gasteiger partial charge in [0.15, 0.2) is 0 Å². The molecule has 0 spiro atoms. The van der Waals surface area contributed by atoms with Crippen LogP contribution in [0.4, 0.5) is 0 Å². The molecule has 1 rings (SSSR count). The van der Waals surface area contributed by atoms with E-state index in [9.17, 15) is 0 Å². The van der Waals surface area contributed by atoms with Crippen LogP contribution in [0.2, 0.25) is 0 Å². The van der Waals surface area contributed by atoms with Gasteiger partial charge >= 0.3 is 0 Å². The molecule has 1 aromatic carbocycles. The summed E-state index contributed by atoms with van der Waals surface area (Å²) in [6.07, 6.45) is 1.08. The molecule has 0 fully saturated rings. The summed E-state index contributed by atoms with van der Waals surface area (Å²) < 4.78 is 2.23. The first-order valence-corrected chi connectivity index (χ1v) is 5.94. The number of hydrogen-bond acceptors (Lipinski definition) is 0. The molecular weight excluding hydrogens is 336 g/mol. The van der Waals surface area contributed by atoms with Crippen molar-refractivity contribution in [1.82, 2.24) is 0 Å². The van der Waals surface area contributed by atoms with Crippen LogP contribution in [0.15, 0.2) is 27.1 Å². The van der Waals surface area contributed by atoms with Crippen LogP contribution < -0.4 is 0 Å². The Morgan fingerprint density at radius 1 is 1.09 bits per heavy atom. The first-order valence-electron chi connectivity index (χ1n) is 3.24. The van der Waals surface area contributed by atoms with Gasteiger partial charge in [-0.3, -0.25) is 0 Å². The van der Waals surface area contributed by atoms with Crippen molar-refractivity contribution in [3.63, 3.8) is 0 Å². The Bertz CT molecular complexity index is 245. The van der Waals surface area contributed by atoms with E-state index >= 15 is 0 Å². The Morgan fingerprint density at radius 2 is 1.82 bits per heavy atom. The minimum Gasteiger partial charge on any atom is -0.0924 e. The Hall–Kier alpha value is 0.660. The van der Waals surface area contributed by atoms with Gasteiger partial charge in [-0.15, -0.1) is 0 Å². The van der Waals surface area contributed by atoms with Gasteiger partial charge < -0.3 is 0 Å². The summed E-state index contributed by atoms with van der Waals surface area (Å²) in [7, 11) is 0. The maximum atomic E-state index is 3.45. The van der Waals surface area contributed by atoms with E-state index in [-0.39, 0.29) is 0 Å². The van der Waals surface area contributed by atoms with Crippen LogP contribution in [0.25, 0.3) is 0 Å². The van der Waals surface area contributed by atoms with Crippen LogP contribution in [0.5, 0.6) is 0 Å². The van der Waals surface area contributed by atoms with Gasteiger partial charge in [0.25, 0.3) is 0 Å². The van der Waals surface area contributed by atoms with Crippen molar-refractivity contribution in [3.05, 3.63) is 32.7 Å². The average molecular weight is 343 g/mol. The van der Waals surface area contributed by atoms with Crippen LogP contribution in [0.3, 0.4) is 0 Å². The highest BCUT2D eigenvalue weighted by atomic mass is 79.9. The molecule has 0 saturated carbocycles. The van der Waals surface area contributed by atoms with Crippen molar-refractivity contribution in [3.8, 4) is 0 Å². The van der Waals surface area contributed by atoms with E-state index in [1.165, 1.54) is 5.56 Å². The molecular formula is C8H7Br3. The molecule has 0 saturated heterocycles. The topological polar surface area (TPSA) is 0 Å². The highest BCUT2D eigenvalue weighted by Crippen LogP contribution is 2.23. The highest BCUT2D eigenvalue weighted by molar-refractivity contribution is 9.13. The molecule has 0 atom stereocenters. The van der Waals surface area contributed by atoms with Crippen molar-refractivity contribution in [2.45, 2.75) is 6.42 Å². The summed E-state index contributed by atoms with van der Waals surface area (Å²) in [6.45, 7) is 0. The second kappa shape index (κ2) is 4.63. The second-order valence-electron chi connectivity index (χ2n) is 2.19. The predicted octanol–water partition coefficient (Wildman–Crippen LogP) is 4.15. The summed E-state index contributed by atoms with van der Waals surface area (Å²) in [5, 5.41) is 1.01. The molecule has 0 radical (unpaired) electrons. The summed E-state index contributed by atoms with van der Waals surface area (Å²) in [5.41, 5.74) is 1.34. The quantitative estimate of drug-likeness (QED) is 0.708. The van der Waals surface area contributed by atoms with Crippen molar-refractivity contribution in [2.75, 3.05) is 5.33 Å². The lowest BCUT2D eigenvalue weighted by Gasteiger charge is -1.99. The third kappa shape index (κ3) is 2.88. The van der Waals surface area contributed by atoms with Crippen LogP contribution in [-0.2, 0) is 6.42 Å². The first kappa shape index (κ1) is 9.75. The van der Waals surface area contributed by atoms with Gasteiger partial charge in [0.05, 0.1) is 0 Å². The molecule has 0 unspecified atom stereocenters. The predicted molar refractivity (Wildman–Crippen MR) is 59.3 cm³/mol. The van der Waals surface area contributed by atoms with E-state index in [1.54, 1.807) is 0 Å². The van der Waals surface area contributed by atoms with E-state index < -0.39 is 0 Å². The van der Waals surface area contributed by atoms with Crippen molar-refractivity contribution in [1.29, 1.82) is 0 Å². The van der Waals surface area contributed by atoms with E-state index in [1.807, 2.05) is 0 Å². The third-order valence-electron chi connectivity index (χ3n) is 1.37. The third-order valence-corrected chi connectivity index (χ3v) is 3.64. The highest BCUT2D eigenvalue weighted by Gasteiger charge is 1.96. The number of aryl methyl sites for hydroxylation is 1. The fourth-order valence-corrected chi connectivity index (χ4v) is 1.93. The number of halogens is 3. The summed E-state index contributed by atoms with van der Waals surface area (Å²) in [5.74, 6) is 0. The van der Waals surface area contributed by atoms with Crippen molar-refractivity contribution < 1.29 is 0 Å². The minimum atomic E-state index is 1.01. The van der Waals surface area contributed by atoms with Gasteiger partial charge in [0, 0.05) is 14.3 Å². The van der Waals surface area contributed by atoms with Gasteiger partial charge in [-0.2, -0.15) is 0 Å². The Balaban J connectivity index is 2.86. The molecule has 3 heteroatoms. The zero-order valence-electron chi connectivity index (χ0n) is 5.78. The Morgan fingerprint density at radius 3 is 2.36 bits per heavy atom. The zero-order chi connectivity index (χ0) is 8.27. The normalized spacial score (nSPS) is 10.1. The summed E-state index contributed by atoms with van der Waals surface area (Å²) >= 11 is 10.3. The Kier molecular flexibility index (Phi) is 4.10. The number of rotatable bonds is 2. The summed E-state index contributed by atoms with van der Waals surface area (Å²) in [6, 6.07) is 6.31. The van der Waals surface area contributed by atoms with Crippen molar-refractivity contribution in [2.24, 2.45) is 0 Å². The molecule has 0 amide bonds. The van der Waals surface area contributed by atoms with Crippen LogP contribution in [-0.4, -0.2) is 5.33 Å². The lowest BCUT2D eigenvalue weighted by Crippen LogP contribution is -1.84. The molecule has 0 aliphatic carbocycles. The first-order chi connectivity index (χ1) is 5.24. The molecule has 0 N–H and O–H groups in total. The molecule has 1 aromatic rings. The van der Waals surface area contributed by atoms with Crippen LogP contribution in [0, 0.1) is 0 Å². The maximum Gasteiger partial charge on any atom is 0.0320 e. The number of alkyl halides is 1. The smallest absolute Gasteiger partial charge is 0.0320 e. The summed E-state index contributed by atoms with van der Waals surface area (Å²) in [4.78, 5) is 0. The average Bonchev–Trinajstić information content (AvgIpc) is 1.98. The lowest BCUT2D eigenvalue weighted by molar-refractivity contribution is 1.16. The SMILES string of the molecule is BrCCc1ccc(Br)c(Br)c1. The molecule has 0 nitrogen and oxygen atoms in total. The maximum absolute atomic E-state index is 3.45. The Labute approximate surface area is 91.8 Å². The van der Waals surface area contributed by atoms with Gasteiger partial charge in [-0.05, 0) is 56.0 Å². The molecule has 0 heterocycles.